The number of ether oxygens (including phenoxy) is 2. The average molecular weight is 451 g/mol. The first-order chi connectivity index (χ1) is 14.6. The van der Waals surface area contributed by atoms with Gasteiger partial charge in [-0.1, -0.05) is 13.3 Å². The first kappa shape index (κ1) is 23.2. The van der Waals surface area contributed by atoms with E-state index in [4.69, 9.17) is 9.47 Å². The molecule has 10 heteroatoms. The Balaban J connectivity index is 2.02. The zero-order valence-electron chi connectivity index (χ0n) is 18.9. The Morgan fingerprint density at radius 1 is 1.35 bits per heavy atom. The second kappa shape index (κ2) is 8.96. The van der Waals surface area contributed by atoms with E-state index >= 15 is 0 Å². The van der Waals surface area contributed by atoms with Gasteiger partial charge in [0.15, 0.2) is 0 Å². The molecule has 0 radical (unpaired) electrons. The minimum Gasteiger partial charge on any atom is -0.443 e. The van der Waals surface area contributed by atoms with E-state index in [1.54, 1.807) is 32.4 Å². The van der Waals surface area contributed by atoms with Crippen LogP contribution in [-0.4, -0.2) is 40.8 Å². The normalized spacial score (nSPS) is 18.6. The van der Waals surface area contributed by atoms with Crippen LogP contribution in [0.15, 0.2) is 14.7 Å². The number of amides is 1. The van der Waals surface area contributed by atoms with Gasteiger partial charge >= 0.3 is 11.8 Å². The summed E-state index contributed by atoms with van der Waals surface area (Å²) in [7, 11) is 1.58. The monoisotopic (exact) mass is 450 g/mol. The molecule has 2 atom stereocenters. The standard InChI is InChI=1S/C21H30N4O5S/c1-7-13-10-14(13)25-17(26)16-12(2)15(11-22-23-19(27)30-21(3,4)5)31-18(16)24(20(25)28)8-9-29-6/h11,13-14H,7-10H2,1-6H3,(H,23,27). The number of rotatable bonds is 7. The van der Waals surface area contributed by atoms with E-state index in [1.165, 1.54) is 22.1 Å². The van der Waals surface area contributed by atoms with Crippen LogP contribution in [-0.2, 0) is 16.0 Å². The molecule has 1 aliphatic rings. The highest BCUT2D eigenvalue weighted by Gasteiger charge is 2.40. The lowest BCUT2D eigenvalue weighted by Gasteiger charge is -2.18. The van der Waals surface area contributed by atoms with E-state index in [-0.39, 0.29) is 17.3 Å². The molecule has 1 aliphatic carbocycles. The van der Waals surface area contributed by atoms with E-state index in [1.807, 2.05) is 6.92 Å². The molecule has 1 fully saturated rings. The second-order valence-corrected chi connectivity index (χ2v) is 9.75. The summed E-state index contributed by atoms with van der Waals surface area (Å²) >= 11 is 1.29. The highest BCUT2D eigenvalue weighted by molar-refractivity contribution is 7.20. The third-order valence-corrected chi connectivity index (χ3v) is 6.53. The van der Waals surface area contributed by atoms with E-state index < -0.39 is 11.7 Å². The molecule has 0 saturated heterocycles. The quantitative estimate of drug-likeness (QED) is 0.516. The summed E-state index contributed by atoms with van der Waals surface area (Å²) in [5.41, 5.74) is 1.87. The van der Waals surface area contributed by atoms with Crippen LogP contribution in [0.3, 0.4) is 0 Å². The molecule has 0 aromatic carbocycles. The lowest BCUT2D eigenvalue weighted by Crippen LogP contribution is -2.40. The molecule has 2 unspecified atom stereocenters. The number of hydrogen-bond donors (Lipinski definition) is 1. The zero-order valence-corrected chi connectivity index (χ0v) is 19.7. The van der Waals surface area contributed by atoms with Gasteiger partial charge in [0.2, 0.25) is 0 Å². The number of methoxy groups -OCH3 is 1. The molecule has 1 amide bonds. The van der Waals surface area contributed by atoms with Gasteiger partial charge in [0.05, 0.1) is 29.6 Å². The summed E-state index contributed by atoms with van der Waals surface area (Å²) in [4.78, 5) is 39.5. The summed E-state index contributed by atoms with van der Waals surface area (Å²) in [6.07, 6.45) is 2.59. The minimum absolute atomic E-state index is 0.0477. The van der Waals surface area contributed by atoms with Gasteiger partial charge in [-0.2, -0.15) is 5.10 Å². The molecule has 31 heavy (non-hydrogen) atoms. The first-order valence-electron chi connectivity index (χ1n) is 10.4. The van der Waals surface area contributed by atoms with Crippen LogP contribution < -0.4 is 16.7 Å². The largest absolute Gasteiger partial charge is 0.443 e. The fraction of sp³-hybridized carbons (Fsp3) is 0.619. The van der Waals surface area contributed by atoms with Crippen LogP contribution in [0.25, 0.3) is 10.2 Å². The molecule has 1 saturated carbocycles. The van der Waals surface area contributed by atoms with Crippen molar-refractivity contribution in [2.24, 2.45) is 11.0 Å². The topological polar surface area (TPSA) is 104 Å². The molecule has 9 nitrogen and oxygen atoms in total. The molecular formula is C21H30N4O5S. The average Bonchev–Trinajstić information content (AvgIpc) is 3.37. The van der Waals surface area contributed by atoms with Gasteiger partial charge in [0.1, 0.15) is 10.4 Å². The van der Waals surface area contributed by atoms with Crippen molar-refractivity contribution < 1.29 is 14.3 Å². The van der Waals surface area contributed by atoms with Crippen molar-refractivity contribution in [2.45, 2.75) is 65.6 Å². The van der Waals surface area contributed by atoms with Gasteiger partial charge < -0.3 is 9.47 Å². The third kappa shape index (κ3) is 4.90. The van der Waals surface area contributed by atoms with E-state index in [2.05, 4.69) is 17.5 Å². The van der Waals surface area contributed by atoms with Crippen molar-refractivity contribution >= 4 is 33.9 Å². The molecule has 0 spiro atoms. The molecule has 1 N–H and O–H groups in total. The third-order valence-electron chi connectivity index (χ3n) is 5.28. The molecule has 0 bridgehead atoms. The number of thiophene rings is 1. The van der Waals surface area contributed by atoms with Crippen molar-refractivity contribution in [1.29, 1.82) is 0 Å². The summed E-state index contributed by atoms with van der Waals surface area (Å²) in [5, 5.41) is 4.48. The molecule has 0 aliphatic heterocycles. The number of carbonyl (C=O) groups is 1. The minimum atomic E-state index is -0.666. The molecule has 170 valence electrons. The van der Waals surface area contributed by atoms with Crippen LogP contribution in [0.4, 0.5) is 4.79 Å². The molecular weight excluding hydrogens is 420 g/mol. The highest BCUT2D eigenvalue weighted by atomic mass is 32.1. The Morgan fingerprint density at radius 3 is 2.65 bits per heavy atom. The number of aryl methyl sites for hydroxylation is 1. The van der Waals surface area contributed by atoms with Gasteiger partial charge in [-0.05, 0) is 45.6 Å². The predicted octanol–water partition coefficient (Wildman–Crippen LogP) is 3.01. The van der Waals surface area contributed by atoms with Gasteiger partial charge in [-0.3, -0.25) is 13.9 Å². The fourth-order valence-corrected chi connectivity index (χ4v) is 4.80. The predicted molar refractivity (Wildman–Crippen MR) is 121 cm³/mol. The Kier molecular flexibility index (Phi) is 6.70. The first-order valence-corrected chi connectivity index (χ1v) is 11.2. The Hall–Kier alpha value is -2.46. The highest BCUT2D eigenvalue weighted by Crippen LogP contribution is 2.44. The second-order valence-electron chi connectivity index (χ2n) is 8.72. The number of nitrogens with zero attached hydrogens (tertiary/aromatic N) is 3. The summed E-state index contributed by atoms with van der Waals surface area (Å²) in [6, 6.07) is -0.0477. The van der Waals surface area contributed by atoms with Crippen molar-refractivity contribution in [3.8, 4) is 0 Å². The van der Waals surface area contributed by atoms with Gasteiger partial charge in [-0.25, -0.2) is 15.0 Å². The lowest BCUT2D eigenvalue weighted by molar-refractivity contribution is 0.0529. The number of fused-ring (bicyclic) bond motifs is 1. The van der Waals surface area contributed by atoms with Crippen molar-refractivity contribution in [3.05, 3.63) is 31.3 Å². The molecule has 2 aromatic heterocycles. The van der Waals surface area contributed by atoms with E-state index in [0.717, 1.165) is 18.4 Å². The maximum Gasteiger partial charge on any atom is 0.428 e. The molecule has 2 heterocycles. The summed E-state index contributed by atoms with van der Waals surface area (Å²) in [5.74, 6) is 0.358. The maximum absolute atomic E-state index is 13.3. The maximum atomic E-state index is 13.3. The van der Waals surface area contributed by atoms with Crippen LogP contribution >= 0.6 is 11.3 Å². The van der Waals surface area contributed by atoms with Crippen molar-refractivity contribution in [3.63, 3.8) is 0 Å². The number of nitrogens with one attached hydrogen (secondary N) is 1. The SMILES string of the molecule is CCC1CC1n1c(=O)c2c(C)c(C=NNC(=O)OC(C)(C)C)sc2n(CCOC)c1=O. The molecule has 2 aromatic rings. The Labute approximate surface area is 184 Å². The van der Waals surface area contributed by atoms with Crippen LogP contribution in [0.5, 0.6) is 0 Å². The van der Waals surface area contributed by atoms with Gasteiger partial charge in [0.25, 0.3) is 5.56 Å². The Morgan fingerprint density at radius 2 is 2.06 bits per heavy atom. The fourth-order valence-electron chi connectivity index (χ4n) is 3.61. The summed E-state index contributed by atoms with van der Waals surface area (Å²) in [6.45, 7) is 9.89. The van der Waals surface area contributed by atoms with Crippen LogP contribution in [0.1, 0.15) is 57.0 Å². The Bertz CT molecular complexity index is 1120. The van der Waals surface area contributed by atoms with Gasteiger partial charge in [0, 0.05) is 13.2 Å². The molecule has 3 rings (SSSR count). The number of hydrazone groups is 1. The van der Waals surface area contributed by atoms with Crippen molar-refractivity contribution in [1.82, 2.24) is 14.6 Å². The van der Waals surface area contributed by atoms with Gasteiger partial charge in [-0.15, -0.1) is 11.3 Å². The number of hydrogen-bond acceptors (Lipinski definition) is 7. The van der Waals surface area contributed by atoms with Crippen LogP contribution in [0, 0.1) is 12.8 Å². The summed E-state index contributed by atoms with van der Waals surface area (Å²) < 4.78 is 13.4. The zero-order chi connectivity index (χ0) is 22.9. The van der Waals surface area contributed by atoms with Crippen LogP contribution in [0.2, 0.25) is 0 Å². The van der Waals surface area contributed by atoms with E-state index in [9.17, 15) is 14.4 Å². The lowest BCUT2D eigenvalue weighted by atomic mass is 10.2. The smallest absolute Gasteiger partial charge is 0.428 e. The van der Waals surface area contributed by atoms with Crippen molar-refractivity contribution in [2.75, 3.05) is 13.7 Å². The number of aromatic nitrogens is 2. The number of carbonyl (C=O) groups excluding carboxylic acids is 1. The van der Waals surface area contributed by atoms with E-state index in [0.29, 0.717) is 34.2 Å².